The molecule has 19 heavy (non-hydrogen) atoms. The first-order chi connectivity index (χ1) is 9.29. The number of aromatic nitrogens is 2. The summed E-state index contributed by atoms with van der Waals surface area (Å²) in [6.07, 6.45) is 4.90. The quantitative estimate of drug-likeness (QED) is 0.908. The summed E-state index contributed by atoms with van der Waals surface area (Å²) in [4.78, 5) is 6.83. The van der Waals surface area contributed by atoms with Gasteiger partial charge in [-0.2, -0.15) is 0 Å². The molecule has 4 heteroatoms. The van der Waals surface area contributed by atoms with Crippen LogP contribution in [0.15, 0.2) is 36.7 Å². The van der Waals surface area contributed by atoms with Gasteiger partial charge in [-0.3, -0.25) is 0 Å². The molecular formula is C15H20N4. The topological polar surface area (TPSA) is 47.1 Å². The highest BCUT2D eigenvalue weighted by atomic mass is 15.2. The van der Waals surface area contributed by atoms with Crippen LogP contribution in [0.1, 0.15) is 23.7 Å². The summed E-state index contributed by atoms with van der Waals surface area (Å²) in [7, 11) is 2.04. The average Bonchev–Trinajstić information content (AvgIpc) is 2.97. The SMILES string of the molecule is Cn1ccnc1CN1CC(CCN)c2ccccc21. The molecule has 0 bridgehead atoms. The number of imidazole rings is 1. The van der Waals surface area contributed by atoms with Crippen LogP contribution in [0.3, 0.4) is 0 Å². The van der Waals surface area contributed by atoms with Crippen LogP contribution in [0.5, 0.6) is 0 Å². The Morgan fingerprint density at radius 3 is 2.95 bits per heavy atom. The van der Waals surface area contributed by atoms with Crippen molar-refractivity contribution >= 4 is 5.69 Å². The molecule has 4 nitrogen and oxygen atoms in total. The van der Waals surface area contributed by atoms with E-state index in [1.165, 1.54) is 11.3 Å². The third-order valence-corrected chi connectivity index (χ3v) is 3.93. The van der Waals surface area contributed by atoms with E-state index < -0.39 is 0 Å². The number of hydrogen-bond acceptors (Lipinski definition) is 3. The number of rotatable bonds is 4. The summed E-state index contributed by atoms with van der Waals surface area (Å²) < 4.78 is 2.08. The Labute approximate surface area is 113 Å². The monoisotopic (exact) mass is 256 g/mol. The zero-order valence-corrected chi connectivity index (χ0v) is 11.3. The minimum Gasteiger partial charge on any atom is -0.363 e. The summed E-state index contributed by atoms with van der Waals surface area (Å²) in [6, 6.07) is 8.66. The van der Waals surface area contributed by atoms with E-state index in [4.69, 9.17) is 5.73 Å². The van der Waals surface area contributed by atoms with Crippen molar-refractivity contribution < 1.29 is 0 Å². The lowest BCUT2D eigenvalue weighted by Gasteiger charge is -2.19. The fourth-order valence-corrected chi connectivity index (χ4v) is 2.90. The van der Waals surface area contributed by atoms with Crippen LogP contribution in [0.25, 0.3) is 0 Å². The molecule has 1 aromatic heterocycles. The molecule has 0 fully saturated rings. The van der Waals surface area contributed by atoms with E-state index >= 15 is 0 Å². The maximum atomic E-state index is 5.74. The number of benzene rings is 1. The second kappa shape index (κ2) is 5.05. The van der Waals surface area contributed by atoms with Crippen molar-refractivity contribution in [3.05, 3.63) is 48.0 Å². The second-order valence-corrected chi connectivity index (χ2v) is 5.17. The smallest absolute Gasteiger partial charge is 0.127 e. The fraction of sp³-hybridized carbons (Fsp3) is 0.400. The lowest BCUT2D eigenvalue weighted by atomic mass is 9.98. The van der Waals surface area contributed by atoms with Gasteiger partial charge in [0.2, 0.25) is 0 Å². The molecule has 1 aliphatic rings. The largest absolute Gasteiger partial charge is 0.363 e. The van der Waals surface area contributed by atoms with Crippen LogP contribution in [-0.2, 0) is 13.6 Å². The summed E-state index contributed by atoms with van der Waals surface area (Å²) in [5.41, 5.74) is 8.51. The third kappa shape index (κ3) is 2.24. The Bertz CT molecular complexity index is 561. The number of fused-ring (bicyclic) bond motifs is 1. The lowest BCUT2D eigenvalue weighted by molar-refractivity contribution is 0.631. The van der Waals surface area contributed by atoms with Gasteiger partial charge in [0.1, 0.15) is 5.82 Å². The number of hydrogen-bond donors (Lipinski definition) is 1. The standard InChI is InChI=1S/C15H20N4/c1-18-9-8-17-15(18)11-19-10-12(6-7-16)13-4-2-3-5-14(13)19/h2-5,8-9,12H,6-7,10-11,16H2,1H3. The number of anilines is 1. The van der Waals surface area contributed by atoms with Crippen LogP contribution >= 0.6 is 0 Å². The van der Waals surface area contributed by atoms with E-state index in [1.807, 2.05) is 19.4 Å². The average molecular weight is 256 g/mol. The Balaban J connectivity index is 1.86. The first-order valence-electron chi connectivity index (χ1n) is 6.79. The first-order valence-corrected chi connectivity index (χ1v) is 6.79. The minimum atomic E-state index is 0.557. The Hall–Kier alpha value is -1.81. The summed E-state index contributed by atoms with van der Waals surface area (Å²) in [6.45, 7) is 2.65. The first kappa shape index (κ1) is 12.2. The highest BCUT2D eigenvalue weighted by molar-refractivity contribution is 5.60. The van der Waals surface area contributed by atoms with Crippen LogP contribution in [0, 0.1) is 0 Å². The number of aryl methyl sites for hydroxylation is 1. The van der Waals surface area contributed by atoms with Gasteiger partial charge >= 0.3 is 0 Å². The lowest BCUT2D eigenvalue weighted by Crippen LogP contribution is -2.23. The fourth-order valence-electron chi connectivity index (χ4n) is 2.90. The van der Waals surface area contributed by atoms with Crippen molar-refractivity contribution in [1.82, 2.24) is 9.55 Å². The number of nitrogens with two attached hydrogens (primary N) is 1. The molecule has 2 heterocycles. The van der Waals surface area contributed by atoms with Gasteiger partial charge in [0, 0.05) is 37.6 Å². The molecule has 100 valence electrons. The molecule has 2 N–H and O–H groups in total. The predicted octanol–water partition coefficient (Wildman–Crippen LogP) is 1.87. The molecule has 0 aliphatic carbocycles. The van der Waals surface area contributed by atoms with E-state index in [2.05, 4.69) is 38.7 Å². The van der Waals surface area contributed by atoms with Gasteiger partial charge in [-0.25, -0.2) is 4.98 Å². The second-order valence-electron chi connectivity index (χ2n) is 5.17. The van der Waals surface area contributed by atoms with Gasteiger partial charge in [0.25, 0.3) is 0 Å². The maximum Gasteiger partial charge on any atom is 0.127 e. The van der Waals surface area contributed by atoms with Gasteiger partial charge in [0.15, 0.2) is 0 Å². The normalized spacial score (nSPS) is 17.8. The molecule has 3 rings (SSSR count). The molecule has 0 saturated carbocycles. The van der Waals surface area contributed by atoms with Crippen LogP contribution in [0.4, 0.5) is 5.69 Å². The van der Waals surface area contributed by atoms with Crippen LogP contribution < -0.4 is 10.6 Å². The number of para-hydroxylation sites is 1. The Morgan fingerprint density at radius 1 is 1.37 bits per heavy atom. The van der Waals surface area contributed by atoms with E-state index in [9.17, 15) is 0 Å². The summed E-state index contributed by atoms with van der Waals surface area (Å²) in [5.74, 6) is 1.66. The van der Waals surface area contributed by atoms with Gasteiger partial charge in [-0.15, -0.1) is 0 Å². The third-order valence-electron chi connectivity index (χ3n) is 3.93. The van der Waals surface area contributed by atoms with Gasteiger partial charge in [-0.05, 0) is 24.6 Å². The van der Waals surface area contributed by atoms with Crippen LogP contribution in [0.2, 0.25) is 0 Å². The molecule has 0 spiro atoms. The van der Waals surface area contributed by atoms with E-state index in [0.29, 0.717) is 5.92 Å². The zero-order chi connectivity index (χ0) is 13.2. The van der Waals surface area contributed by atoms with Crippen molar-refractivity contribution in [3.8, 4) is 0 Å². The highest BCUT2D eigenvalue weighted by Crippen LogP contribution is 2.38. The van der Waals surface area contributed by atoms with Gasteiger partial charge in [0.05, 0.1) is 6.54 Å². The highest BCUT2D eigenvalue weighted by Gasteiger charge is 2.28. The zero-order valence-electron chi connectivity index (χ0n) is 11.3. The molecule has 2 aromatic rings. The minimum absolute atomic E-state index is 0.557. The van der Waals surface area contributed by atoms with Gasteiger partial charge in [-0.1, -0.05) is 18.2 Å². The van der Waals surface area contributed by atoms with E-state index in [0.717, 1.165) is 31.9 Å². The molecule has 1 aromatic carbocycles. The molecule has 1 unspecified atom stereocenters. The Morgan fingerprint density at radius 2 is 2.21 bits per heavy atom. The predicted molar refractivity (Wildman–Crippen MR) is 77.1 cm³/mol. The molecule has 1 atom stereocenters. The molecule has 0 saturated heterocycles. The summed E-state index contributed by atoms with van der Waals surface area (Å²) >= 11 is 0. The van der Waals surface area contributed by atoms with Gasteiger partial charge < -0.3 is 15.2 Å². The van der Waals surface area contributed by atoms with Crippen molar-refractivity contribution in [3.63, 3.8) is 0 Å². The van der Waals surface area contributed by atoms with Crippen molar-refractivity contribution in [1.29, 1.82) is 0 Å². The molecular weight excluding hydrogens is 236 g/mol. The molecule has 1 aliphatic heterocycles. The molecule has 0 radical (unpaired) electrons. The summed E-state index contributed by atoms with van der Waals surface area (Å²) in [5, 5.41) is 0. The maximum absolute atomic E-state index is 5.74. The molecule has 0 amide bonds. The van der Waals surface area contributed by atoms with E-state index in [1.54, 1.807) is 0 Å². The Kier molecular flexibility index (Phi) is 3.25. The van der Waals surface area contributed by atoms with Crippen molar-refractivity contribution in [2.45, 2.75) is 18.9 Å². The van der Waals surface area contributed by atoms with Crippen LogP contribution in [-0.4, -0.2) is 22.6 Å². The number of nitrogens with zero attached hydrogens (tertiary/aromatic N) is 3. The van der Waals surface area contributed by atoms with Crippen molar-refractivity contribution in [2.24, 2.45) is 12.8 Å². The van der Waals surface area contributed by atoms with E-state index in [-0.39, 0.29) is 0 Å². The van der Waals surface area contributed by atoms with Crippen molar-refractivity contribution in [2.75, 3.05) is 18.0 Å².